The number of carbonyl (C=O) groups excluding carboxylic acids is 1. The molecule has 2 heterocycles. The molecule has 1 amide bonds. The van der Waals surface area contributed by atoms with Gasteiger partial charge in [0.2, 0.25) is 6.79 Å². The van der Waals surface area contributed by atoms with Gasteiger partial charge < -0.3 is 19.3 Å². The molecule has 2 aliphatic rings. The van der Waals surface area contributed by atoms with Gasteiger partial charge in [-0.3, -0.25) is 4.79 Å². The Labute approximate surface area is 160 Å². The molecule has 0 unspecified atom stereocenters. The standard InChI is InChI=1S/C22H26N2O3/c1-23(22(25)18-9-10-20-21(14-18)27-16-26-20)19-8-5-12-24(15-19)13-11-17-6-3-2-4-7-17/h2-4,6-7,9-10,14,19H,5,8,11-13,15-16H2,1H3/t19-/m1/s1. The topological polar surface area (TPSA) is 42.0 Å². The number of nitrogens with zero attached hydrogens (tertiary/aromatic N) is 2. The van der Waals surface area contributed by atoms with Gasteiger partial charge in [-0.15, -0.1) is 0 Å². The summed E-state index contributed by atoms with van der Waals surface area (Å²) in [4.78, 5) is 17.3. The zero-order valence-electron chi connectivity index (χ0n) is 15.8. The monoisotopic (exact) mass is 366 g/mol. The summed E-state index contributed by atoms with van der Waals surface area (Å²) >= 11 is 0. The van der Waals surface area contributed by atoms with Crippen LogP contribution in [0.4, 0.5) is 0 Å². The highest BCUT2D eigenvalue weighted by Crippen LogP contribution is 2.33. The number of piperidine rings is 1. The Balaban J connectivity index is 1.36. The molecule has 0 radical (unpaired) electrons. The van der Waals surface area contributed by atoms with E-state index in [1.54, 1.807) is 6.07 Å². The van der Waals surface area contributed by atoms with Crippen LogP contribution < -0.4 is 9.47 Å². The number of amides is 1. The van der Waals surface area contributed by atoms with Crippen LogP contribution in [-0.2, 0) is 6.42 Å². The molecule has 0 spiro atoms. The van der Waals surface area contributed by atoms with Crippen LogP contribution in [0.3, 0.4) is 0 Å². The van der Waals surface area contributed by atoms with Crippen LogP contribution in [0.2, 0.25) is 0 Å². The smallest absolute Gasteiger partial charge is 0.254 e. The van der Waals surface area contributed by atoms with Crippen LogP contribution in [0.25, 0.3) is 0 Å². The number of fused-ring (bicyclic) bond motifs is 1. The summed E-state index contributed by atoms with van der Waals surface area (Å²) in [6, 6.07) is 16.3. The van der Waals surface area contributed by atoms with E-state index in [0.29, 0.717) is 17.1 Å². The highest BCUT2D eigenvalue weighted by Gasteiger charge is 2.27. The van der Waals surface area contributed by atoms with Gasteiger partial charge in [-0.2, -0.15) is 0 Å². The second-order valence-corrected chi connectivity index (χ2v) is 7.32. The molecule has 2 aromatic rings. The number of benzene rings is 2. The van der Waals surface area contributed by atoms with Gasteiger partial charge >= 0.3 is 0 Å². The summed E-state index contributed by atoms with van der Waals surface area (Å²) in [6.45, 7) is 3.30. The van der Waals surface area contributed by atoms with Gasteiger partial charge in [-0.1, -0.05) is 30.3 Å². The minimum Gasteiger partial charge on any atom is -0.454 e. The van der Waals surface area contributed by atoms with Crippen molar-refractivity contribution in [3.8, 4) is 11.5 Å². The summed E-state index contributed by atoms with van der Waals surface area (Å²) in [6.07, 6.45) is 3.22. The fraction of sp³-hybridized carbons (Fsp3) is 0.409. The van der Waals surface area contributed by atoms with Crippen molar-refractivity contribution < 1.29 is 14.3 Å². The number of carbonyl (C=O) groups is 1. The zero-order chi connectivity index (χ0) is 18.6. The van der Waals surface area contributed by atoms with E-state index in [9.17, 15) is 4.79 Å². The third kappa shape index (κ3) is 4.08. The first-order valence-electron chi connectivity index (χ1n) is 9.64. The first kappa shape index (κ1) is 17.9. The van der Waals surface area contributed by atoms with E-state index in [-0.39, 0.29) is 18.7 Å². The molecule has 5 heteroatoms. The van der Waals surface area contributed by atoms with Gasteiger partial charge in [0.1, 0.15) is 0 Å². The minimum absolute atomic E-state index is 0.0446. The third-order valence-electron chi connectivity index (χ3n) is 5.53. The van der Waals surface area contributed by atoms with Crippen molar-refractivity contribution >= 4 is 5.91 Å². The van der Waals surface area contributed by atoms with Crippen molar-refractivity contribution in [1.82, 2.24) is 9.80 Å². The molecule has 0 bridgehead atoms. The van der Waals surface area contributed by atoms with E-state index < -0.39 is 0 Å². The largest absolute Gasteiger partial charge is 0.454 e. The molecule has 142 valence electrons. The number of ether oxygens (including phenoxy) is 2. The predicted molar refractivity (Wildman–Crippen MR) is 104 cm³/mol. The van der Waals surface area contributed by atoms with Gasteiger partial charge in [0.15, 0.2) is 11.5 Å². The van der Waals surface area contributed by atoms with Crippen molar-refractivity contribution in [2.45, 2.75) is 25.3 Å². The zero-order valence-corrected chi connectivity index (χ0v) is 15.8. The molecule has 5 nitrogen and oxygen atoms in total. The molecule has 4 rings (SSSR count). The summed E-state index contributed by atoms with van der Waals surface area (Å²) < 4.78 is 10.7. The molecular weight excluding hydrogens is 340 g/mol. The van der Waals surface area contributed by atoms with E-state index in [1.807, 2.05) is 24.1 Å². The van der Waals surface area contributed by atoms with Crippen LogP contribution in [0.1, 0.15) is 28.8 Å². The fourth-order valence-electron chi connectivity index (χ4n) is 3.88. The Morgan fingerprint density at radius 1 is 1.15 bits per heavy atom. The highest BCUT2D eigenvalue weighted by molar-refractivity contribution is 5.95. The van der Waals surface area contributed by atoms with Gasteiger partial charge in [0, 0.05) is 31.7 Å². The quantitative estimate of drug-likeness (QED) is 0.815. The number of rotatable bonds is 5. The second-order valence-electron chi connectivity index (χ2n) is 7.32. The summed E-state index contributed by atoms with van der Waals surface area (Å²) in [5.41, 5.74) is 2.02. The molecule has 1 atom stereocenters. The Morgan fingerprint density at radius 2 is 1.96 bits per heavy atom. The number of likely N-dealkylation sites (N-methyl/N-ethyl adjacent to an activating group) is 1. The van der Waals surface area contributed by atoms with Gasteiger partial charge in [-0.05, 0) is 49.6 Å². The average molecular weight is 366 g/mol. The molecule has 1 saturated heterocycles. The molecule has 0 N–H and O–H groups in total. The lowest BCUT2D eigenvalue weighted by molar-refractivity contribution is 0.0619. The van der Waals surface area contributed by atoms with Crippen LogP contribution in [0.5, 0.6) is 11.5 Å². The molecule has 0 aromatic heterocycles. The van der Waals surface area contributed by atoms with Crippen molar-refractivity contribution in [2.24, 2.45) is 0 Å². The second kappa shape index (κ2) is 8.01. The molecule has 0 aliphatic carbocycles. The van der Waals surface area contributed by atoms with E-state index in [2.05, 4.69) is 35.2 Å². The fourth-order valence-corrected chi connectivity index (χ4v) is 3.88. The van der Waals surface area contributed by atoms with Crippen molar-refractivity contribution in [1.29, 1.82) is 0 Å². The maximum absolute atomic E-state index is 12.9. The van der Waals surface area contributed by atoms with Crippen LogP contribution in [-0.4, -0.2) is 55.2 Å². The summed E-state index contributed by atoms with van der Waals surface area (Å²) in [5, 5.41) is 0. The van der Waals surface area contributed by atoms with Crippen LogP contribution >= 0.6 is 0 Å². The lowest BCUT2D eigenvalue weighted by Crippen LogP contribution is -2.48. The van der Waals surface area contributed by atoms with E-state index in [0.717, 1.165) is 38.9 Å². The van der Waals surface area contributed by atoms with Gasteiger partial charge in [0.25, 0.3) is 5.91 Å². The van der Waals surface area contributed by atoms with E-state index >= 15 is 0 Å². The normalized spacial score (nSPS) is 19.1. The maximum Gasteiger partial charge on any atom is 0.254 e. The number of hydrogen-bond donors (Lipinski definition) is 0. The number of hydrogen-bond acceptors (Lipinski definition) is 4. The molecule has 2 aliphatic heterocycles. The Morgan fingerprint density at radius 3 is 2.81 bits per heavy atom. The molecule has 2 aromatic carbocycles. The molecule has 1 fully saturated rings. The van der Waals surface area contributed by atoms with Crippen LogP contribution in [0, 0.1) is 0 Å². The first-order chi connectivity index (χ1) is 13.2. The minimum atomic E-state index is 0.0446. The van der Waals surface area contributed by atoms with E-state index in [1.165, 1.54) is 5.56 Å². The first-order valence-corrected chi connectivity index (χ1v) is 9.64. The Hall–Kier alpha value is -2.53. The lowest BCUT2D eigenvalue weighted by Gasteiger charge is -2.37. The van der Waals surface area contributed by atoms with Crippen molar-refractivity contribution in [3.63, 3.8) is 0 Å². The van der Waals surface area contributed by atoms with Gasteiger partial charge in [0.05, 0.1) is 0 Å². The summed E-state index contributed by atoms with van der Waals surface area (Å²) in [7, 11) is 1.91. The van der Waals surface area contributed by atoms with E-state index in [4.69, 9.17) is 9.47 Å². The van der Waals surface area contributed by atoms with Crippen molar-refractivity contribution in [3.05, 3.63) is 59.7 Å². The SMILES string of the molecule is CN(C(=O)c1ccc2c(c1)OCO2)[C@@H]1CCCN(CCc2ccccc2)C1. The molecule has 0 saturated carbocycles. The molecular formula is C22H26N2O3. The number of likely N-dealkylation sites (tertiary alicyclic amines) is 1. The average Bonchev–Trinajstić information content (AvgIpc) is 3.20. The Kier molecular flexibility index (Phi) is 5.30. The lowest BCUT2D eigenvalue weighted by atomic mass is 10.0. The summed E-state index contributed by atoms with van der Waals surface area (Å²) in [5.74, 6) is 1.41. The highest BCUT2D eigenvalue weighted by atomic mass is 16.7. The van der Waals surface area contributed by atoms with Gasteiger partial charge in [-0.25, -0.2) is 0 Å². The Bertz CT molecular complexity index is 793. The maximum atomic E-state index is 12.9. The predicted octanol–water partition coefficient (Wildman–Crippen LogP) is 3.19. The van der Waals surface area contributed by atoms with Crippen molar-refractivity contribution in [2.75, 3.05) is 33.5 Å². The molecule has 27 heavy (non-hydrogen) atoms. The third-order valence-corrected chi connectivity index (χ3v) is 5.53. The van der Waals surface area contributed by atoms with Crippen LogP contribution in [0.15, 0.2) is 48.5 Å².